The van der Waals surface area contributed by atoms with Crippen LogP contribution in [0, 0.1) is 0 Å². The highest BCUT2D eigenvalue weighted by Gasteiger charge is 2.24. The predicted molar refractivity (Wildman–Crippen MR) is 278 cm³/mol. The van der Waals surface area contributed by atoms with E-state index in [1.165, 1.54) is 122 Å². The van der Waals surface area contributed by atoms with E-state index in [4.69, 9.17) is 4.74 Å². The number of aliphatic hydroxyl groups excluding tert-OH is 2. The molecule has 6 nitrogen and oxygen atoms in total. The molecule has 0 bridgehead atoms. The maximum atomic E-state index is 13.2. The van der Waals surface area contributed by atoms with Gasteiger partial charge in [-0.15, -0.1) is 0 Å². The molecule has 0 aromatic heterocycles. The fourth-order valence-corrected chi connectivity index (χ4v) is 7.97. The second kappa shape index (κ2) is 51.3. The van der Waals surface area contributed by atoms with Crippen LogP contribution in [0.3, 0.4) is 0 Å². The number of unbranched alkanes of at least 4 members (excludes halogenated alkanes) is 26. The summed E-state index contributed by atoms with van der Waals surface area (Å²) in [6, 6.07) is -0.718. The lowest BCUT2D eigenvalue weighted by atomic mass is 10.0. The topological polar surface area (TPSA) is 95.9 Å². The molecule has 3 atom stereocenters. The summed E-state index contributed by atoms with van der Waals surface area (Å²) < 4.78 is 5.92. The van der Waals surface area contributed by atoms with Crippen LogP contribution in [0.15, 0.2) is 72.9 Å². The normalized spacial score (nSPS) is 13.8. The Morgan fingerprint density at radius 1 is 0.484 bits per heavy atom. The van der Waals surface area contributed by atoms with Crippen LogP contribution in [0.2, 0.25) is 0 Å². The Morgan fingerprint density at radius 2 is 0.906 bits per heavy atom. The number of allylic oxidation sites excluding steroid dienone is 12. The van der Waals surface area contributed by atoms with Crippen molar-refractivity contribution in [1.82, 2.24) is 5.32 Å². The van der Waals surface area contributed by atoms with Crippen molar-refractivity contribution in [2.75, 3.05) is 6.61 Å². The number of ether oxygens (including phenoxy) is 1. The van der Waals surface area contributed by atoms with Crippen LogP contribution in [0.25, 0.3) is 0 Å². The number of carbonyl (C=O) groups excluding carboxylic acids is 2. The van der Waals surface area contributed by atoms with E-state index in [9.17, 15) is 19.8 Å². The van der Waals surface area contributed by atoms with Gasteiger partial charge in [0.2, 0.25) is 5.91 Å². The first kappa shape index (κ1) is 61.3. The first-order valence-corrected chi connectivity index (χ1v) is 27.2. The van der Waals surface area contributed by atoms with E-state index in [1.54, 1.807) is 0 Å². The molecule has 0 fully saturated rings. The van der Waals surface area contributed by atoms with Gasteiger partial charge in [-0.1, -0.05) is 235 Å². The van der Waals surface area contributed by atoms with Crippen LogP contribution >= 0.6 is 0 Å². The third-order valence-electron chi connectivity index (χ3n) is 12.1. The minimum atomic E-state index is -0.802. The third-order valence-corrected chi connectivity index (χ3v) is 12.1. The SMILES string of the molecule is CC/C=C/C=C/C=C\CCCCCC(CC(=O)NC(CO)C(O)CCCCCCCCCCCCCCCCC)OC(=O)CCCCCCCC/C=C\C/C=C\C/C=C\CCCCC. The fourth-order valence-electron chi connectivity index (χ4n) is 7.97. The smallest absolute Gasteiger partial charge is 0.306 e. The second-order valence-electron chi connectivity index (χ2n) is 18.3. The quantitative estimate of drug-likeness (QED) is 0.0245. The second-order valence-corrected chi connectivity index (χ2v) is 18.3. The van der Waals surface area contributed by atoms with Gasteiger partial charge in [-0.05, 0) is 83.5 Å². The molecule has 0 aliphatic rings. The molecule has 0 radical (unpaired) electrons. The van der Waals surface area contributed by atoms with Crippen LogP contribution < -0.4 is 5.32 Å². The monoisotopic (exact) mass is 894 g/mol. The van der Waals surface area contributed by atoms with E-state index in [-0.39, 0.29) is 24.9 Å². The van der Waals surface area contributed by atoms with E-state index in [1.807, 2.05) is 12.2 Å². The number of esters is 1. The van der Waals surface area contributed by atoms with Crippen molar-refractivity contribution in [2.24, 2.45) is 0 Å². The van der Waals surface area contributed by atoms with E-state index < -0.39 is 18.2 Å². The summed E-state index contributed by atoms with van der Waals surface area (Å²) in [5.41, 5.74) is 0. The van der Waals surface area contributed by atoms with E-state index in [0.29, 0.717) is 19.3 Å². The molecule has 0 saturated carbocycles. The molecule has 0 rings (SSSR count). The van der Waals surface area contributed by atoms with Crippen molar-refractivity contribution in [3.63, 3.8) is 0 Å². The molecule has 0 spiro atoms. The molecule has 0 heterocycles. The number of aliphatic hydroxyl groups is 2. The van der Waals surface area contributed by atoms with Gasteiger partial charge in [-0.3, -0.25) is 9.59 Å². The Morgan fingerprint density at radius 3 is 1.45 bits per heavy atom. The maximum Gasteiger partial charge on any atom is 0.306 e. The van der Waals surface area contributed by atoms with Crippen molar-refractivity contribution < 1.29 is 24.5 Å². The van der Waals surface area contributed by atoms with Crippen LogP contribution in [-0.2, 0) is 14.3 Å². The van der Waals surface area contributed by atoms with Gasteiger partial charge in [0.25, 0.3) is 0 Å². The summed E-state index contributed by atoms with van der Waals surface area (Å²) in [4.78, 5) is 26.2. The molecule has 3 N–H and O–H groups in total. The maximum absolute atomic E-state index is 13.2. The van der Waals surface area contributed by atoms with Gasteiger partial charge in [0.1, 0.15) is 6.10 Å². The molecular weight excluding hydrogens is 791 g/mol. The number of hydrogen-bond acceptors (Lipinski definition) is 5. The molecule has 0 saturated heterocycles. The van der Waals surface area contributed by atoms with Crippen molar-refractivity contribution in [1.29, 1.82) is 0 Å². The average molecular weight is 894 g/mol. The number of amides is 1. The molecule has 0 aromatic carbocycles. The molecule has 3 unspecified atom stereocenters. The Labute approximate surface area is 396 Å². The van der Waals surface area contributed by atoms with E-state index in [0.717, 1.165) is 89.9 Å². The van der Waals surface area contributed by atoms with Crippen LogP contribution in [0.4, 0.5) is 0 Å². The summed E-state index contributed by atoms with van der Waals surface area (Å²) in [6.07, 6.45) is 65.4. The molecule has 0 aliphatic carbocycles. The Balaban J connectivity index is 4.54. The Hall–Kier alpha value is -2.70. The standard InChI is InChI=1S/C58H103NO5/c1-4-7-10-13-16-19-22-24-26-27-28-29-31-33-36-39-42-45-48-51-58(63)64-54(49-46-43-40-37-34-21-18-15-12-9-6-3)52-57(62)59-55(53-60)56(61)50-47-44-41-38-35-32-30-25-23-20-17-14-11-8-5-2/h9,12,15-16,18-19,21,24,26,28-29,34,54-56,60-61H,4-8,10-11,13-14,17,20,22-23,25,27,30-33,35-53H2,1-3H3,(H,59,62)/b12-9+,18-15+,19-16-,26-24-,29-28-,34-21-. The number of hydrogen-bond donors (Lipinski definition) is 3. The van der Waals surface area contributed by atoms with E-state index >= 15 is 0 Å². The fraction of sp³-hybridized carbons (Fsp3) is 0.759. The minimum absolute atomic E-state index is 0.0468. The van der Waals surface area contributed by atoms with Gasteiger partial charge in [0.15, 0.2) is 0 Å². The number of nitrogens with one attached hydrogen (secondary N) is 1. The van der Waals surface area contributed by atoms with Gasteiger partial charge in [-0.25, -0.2) is 0 Å². The largest absolute Gasteiger partial charge is 0.462 e. The molecular formula is C58H103NO5. The molecule has 6 heteroatoms. The lowest BCUT2D eigenvalue weighted by molar-refractivity contribution is -0.151. The van der Waals surface area contributed by atoms with Gasteiger partial charge < -0.3 is 20.3 Å². The Bertz CT molecular complexity index is 1190. The lowest BCUT2D eigenvalue weighted by Crippen LogP contribution is -2.46. The van der Waals surface area contributed by atoms with Crippen LogP contribution in [0.5, 0.6) is 0 Å². The highest BCUT2D eigenvalue weighted by Crippen LogP contribution is 2.18. The Kier molecular flexibility index (Phi) is 49.1. The molecule has 370 valence electrons. The minimum Gasteiger partial charge on any atom is -0.462 e. The highest BCUT2D eigenvalue weighted by molar-refractivity contribution is 5.77. The lowest BCUT2D eigenvalue weighted by Gasteiger charge is -2.24. The van der Waals surface area contributed by atoms with Gasteiger partial charge >= 0.3 is 5.97 Å². The van der Waals surface area contributed by atoms with Crippen molar-refractivity contribution >= 4 is 11.9 Å². The van der Waals surface area contributed by atoms with Gasteiger partial charge in [0.05, 0.1) is 25.2 Å². The zero-order valence-electron chi connectivity index (χ0n) is 42.1. The summed E-state index contributed by atoms with van der Waals surface area (Å²) in [5, 5.41) is 23.8. The summed E-state index contributed by atoms with van der Waals surface area (Å²) in [5.74, 6) is -0.523. The van der Waals surface area contributed by atoms with Crippen LogP contribution in [0.1, 0.15) is 258 Å². The number of rotatable bonds is 48. The first-order valence-electron chi connectivity index (χ1n) is 27.2. The zero-order chi connectivity index (χ0) is 46.7. The predicted octanol–water partition coefficient (Wildman–Crippen LogP) is 16.6. The number of carbonyl (C=O) groups is 2. The van der Waals surface area contributed by atoms with Crippen molar-refractivity contribution in [3.05, 3.63) is 72.9 Å². The molecule has 0 aromatic rings. The summed E-state index contributed by atoms with van der Waals surface area (Å²) >= 11 is 0. The van der Waals surface area contributed by atoms with Gasteiger partial charge in [0, 0.05) is 6.42 Å². The first-order chi connectivity index (χ1) is 31.5. The molecule has 0 aliphatic heterocycles. The third kappa shape index (κ3) is 45.9. The zero-order valence-corrected chi connectivity index (χ0v) is 42.1. The van der Waals surface area contributed by atoms with E-state index in [2.05, 4.69) is 86.8 Å². The van der Waals surface area contributed by atoms with Crippen molar-refractivity contribution in [3.8, 4) is 0 Å². The van der Waals surface area contributed by atoms with Gasteiger partial charge in [-0.2, -0.15) is 0 Å². The molecule has 64 heavy (non-hydrogen) atoms. The van der Waals surface area contributed by atoms with Crippen molar-refractivity contribution in [2.45, 2.75) is 277 Å². The summed E-state index contributed by atoms with van der Waals surface area (Å²) in [6.45, 7) is 6.32. The van der Waals surface area contributed by atoms with Crippen LogP contribution in [-0.4, -0.2) is 46.9 Å². The average Bonchev–Trinajstić information content (AvgIpc) is 3.29. The summed E-state index contributed by atoms with van der Waals surface area (Å²) in [7, 11) is 0. The highest BCUT2D eigenvalue weighted by atomic mass is 16.5. The molecule has 1 amide bonds.